The molecule has 21 heavy (non-hydrogen) atoms. The number of hydrogen-bond acceptors (Lipinski definition) is 3. The Morgan fingerprint density at radius 2 is 1.86 bits per heavy atom. The summed E-state index contributed by atoms with van der Waals surface area (Å²) in [7, 11) is 0. The van der Waals surface area contributed by atoms with Crippen molar-refractivity contribution in [2.75, 3.05) is 4.72 Å². The summed E-state index contributed by atoms with van der Waals surface area (Å²) in [5, 5.41) is 1.14. The number of benzene rings is 2. The second kappa shape index (κ2) is 5.31. The van der Waals surface area contributed by atoms with Gasteiger partial charge in [-0.3, -0.25) is 9.00 Å². The van der Waals surface area contributed by atoms with Crippen molar-refractivity contribution in [1.29, 1.82) is 0 Å². The Kier molecular flexibility index (Phi) is 3.48. The minimum atomic E-state index is -2.41. The lowest BCUT2D eigenvalue weighted by molar-refractivity contribution is 0.542. The molecule has 6 heteroatoms. The van der Waals surface area contributed by atoms with E-state index in [4.69, 9.17) is 0 Å². The predicted molar refractivity (Wildman–Crippen MR) is 83.9 cm³/mol. The Morgan fingerprint density at radius 1 is 1.14 bits per heavy atom. The standard InChI is InChI=1S/C15H14N2O3S/c1-2-17-13-6-4-3-5-11(13)15(18)12-9-10(16-21(19)20)7-8-14(12)17/h3-9,16H,2H2,1H3,(H,19,20)/p-1. The number of aromatic nitrogens is 1. The molecule has 0 saturated carbocycles. The quantitative estimate of drug-likeness (QED) is 0.596. The molecule has 2 aromatic carbocycles. The van der Waals surface area contributed by atoms with Crippen LogP contribution in [0.3, 0.4) is 0 Å². The number of hydrogen-bond donors (Lipinski definition) is 1. The number of nitrogens with one attached hydrogen (secondary N) is 1. The number of pyridine rings is 1. The van der Waals surface area contributed by atoms with Gasteiger partial charge in [-0.2, -0.15) is 0 Å². The van der Waals surface area contributed by atoms with Crippen LogP contribution in [-0.4, -0.2) is 13.3 Å². The third-order valence-electron chi connectivity index (χ3n) is 3.49. The monoisotopic (exact) mass is 301 g/mol. The summed E-state index contributed by atoms with van der Waals surface area (Å²) >= 11 is -2.41. The Hall–Kier alpha value is -2.18. The molecule has 0 radical (unpaired) electrons. The van der Waals surface area contributed by atoms with Crippen molar-refractivity contribution in [1.82, 2.24) is 4.57 Å². The Bertz CT molecular complexity index is 918. The first-order valence-electron chi connectivity index (χ1n) is 6.53. The SMILES string of the molecule is CCn1c2ccccc2c(=O)c2cc(NS(=O)[O-])ccc21. The van der Waals surface area contributed by atoms with Crippen molar-refractivity contribution in [3.63, 3.8) is 0 Å². The van der Waals surface area contributed by atoms with E-state index in [1.165, 1.54) is 0 Å². The molecule has 5 nitrogen and oxygen atoms in total. The summed E-state index contributed by atoms with van der Waals surface area (Å²) in [4.78, 5) is 12.6. The lowest BCUT2D eigenvalue weighted by atomic mass is 10.1. The fraction of sp³-hybridized carbons (Fsp3) is 0.133. The van der Waals surface area contributed by atoms with Crippen LogP contribution in [0.25, 0.3) is 21.8 Å². The molecule has 0 aliphatic heterocycles. The zero-order valence-electron chi connectivity index (χ0n) is 11.3. The molecule has 1 heterocycles. The van der Waals surface area contributed by atoms with Crippen LogP contribution in [-0.2, 0) is 17.8 Å². The summed E-state index contributed by atoms with van der Waals surface area (Å²) < 4.78 is 25.8. The van der Waals surface area contributed by atoms with E-state index in [0.717, 1.165) is 17.6 Å². The maximum Gasteiger partial charge on any atom is 0.197 e. The van der Waals surface area contributed by atoms with Crippen molar-refractivity contribution < 1.29 is 8.76 Å². The van der Waals surface area contributed by atoms with Crippen LogP contribution < -0.4 is 10.2 Å². The molecular weight excluding hydrogens is 288 g/mol. The van der Waals surface area contributed by atoms with Crippen LogP contribution in [0, 0.1) is 0 Å². The Labute approximate surface area is 123 Å². The van der Waals surface area contributed by atoms with Gasteiger partial charge in [0, 0.05) is 34.3 Å². The highest BCUT2D eigenvalue weighted by Gasteiger charge is 2.10. The second-order valence-corrected chi connectivity index (χ2v) is 5.33. The van der Waals surface area contributed by atoms with E-state index in [-0.39, 0.29) is 5.43 Å². The molecule has 1 aromatic heterocycles. The average molecular weight is 301 g/mol. The molecule has 1 unspecified atom stereocenters. The van der Waals surface area contributed by atoms with Crippen LogP contribution in [0.15, 0.2) is 47.3 Å². The highest BCUT2D eigenvalue weighted by molar-refractivity contribution is 7.80. The number of para-hydroxylation sites is 1. The summed E-state index contributed by atoms with van der Waals surface area (Å²) in [6.45, 7) is 2.73. The Balaban J connectivity index is 2.42. The van der Waals surface area contributed by atoms with Crippen molar-refractivity contribution in [2.24, 2.45) is 0 Å². The zero-order chi connectivity index (χ0) is 15.0. The predicted octanol–water partition coefficient (Wildman–Crippen LogP) is 2.38. The molecule has 3 aromatic rings. The molecule has 0 amide bonds. The number of rotatable bonds is 3. The molecule has 0 bridgehead atoms. The lowest BCUT2D eigenvalue weighted by Crippen LogP contribution is -2.11. The van der Waals surface area contributed by atoms with E-state index in [1.807, 2.05) is 29.7 Å². The van der Waals surface area contributed by atoms with Gasteiger partial charge in [-0.05, 0) is 37.3 Å². The van der Waals surface area contributed by atoms with E-state index < -0.39 is 11.3 Å². The number of nitrogens with zero attached hydrogens (tertiary/aromatic N) is 1. The van der Waals surface area contributed by atoms with Crippen LogP contribution in [0.1, 0.15) is 6.92 Å². The fourth-order valence-corrected chi connectivity index (χ4v) is 2.95. The molecule has 1 N–H and O–H groups in total. The number of fused-ring (bicyclic) bond motifs is 2. The maximum atomic E-state index is 12.6. The van der Waals surface area contributed by atoms with Gasteiger partial charge in [0.15, 0.2) is 5.43 Å². The van der Waals surface area contributed by atoms with Crippen LogP contribution >= 0.6 is 0 Å². The van der Waals surface area contributed by atoms with Gasteiger partial charge in [0.25, 0.3) is 0 Å². The highest BCUT2D eigenvalue weighted by Crippen LogP contribution is 2.22. The number of anilines is 1. The van der Waals surface area contributed by atoms with Gasteiger partial charge in [-0.15, -0.1) is 0 Å². The third kappa shape index (κ3) is 2.32. The minimum Gasteiger partial charge on any atom is -0.755 e. The van der Waals surface area contributed by atoms with Gasteiger partial charge in [0.1, 0.15) is 0 Å². The van der Waals surface area contributed by atoms with E-state index in [0.29, 0.717) is 16.5 Å². The van der Waals surface area contributed by atoms with Crippen molar-refractivity contribution >= 4 is 38.8 Å². The van der Waals surface area contributed by atoms with Gasteiger partial charge < -0.3 is 13.8 Å². The minimum absolute atomic E-state index is 0.0920. The van der Waals surface area contributed by atoms with Gasteiger partial charge in [0.2, 0.25) is 0 Å². The molecule has 0 spiro atoms. The normalized spacial score (nSPS) is 12.7. The largest absolute Gasteiger partial charge is 0.755 e. The summed E-state index contributed by atoms with van der Waals surface area (Å²) in [6.07, 6.45) is 0. The molecule has 0 saturated heterocycles. The van der Waals surface area contributed by atoms with Crippen LogP contribution in [0.4, 0.5) is 5.69 Å². The molecule has 108 valence electrons. The van der Waals surface area contributed by atoms with Gasteiger partial charge >= 0.3 is 0 Å². The van der Waals surface area contributed by atoms with Crippen molar-refractivity contribution in [3.05, 3.63) is 52.7 Å². The van der Waals surface area contributed by atoms with Gasteiger partial charge in [0.05, 0.1) is 11.0 Å². The molecular formula is C15H13N2O3S-. The summed E-state index contributed by atoms with van der Waals surface area (Å²) in [5.41, 5.74) is 1.96. The molecule has 3 rings (SSSR count). The lowest BCUT2D eigenvalue weighted by Gasteiger charge is -2.15. The van der Waals surface area contributed by atoms with Crippen LogP contribution in [0.2, 0.25) is 0 Å². The first-order chi connectivity index (χ1) is 10.1. The zero-order valence-corrected chi connectivity index (χ0v) is 12.1. The molecule has 1 atom stereocenters. The highest BCUT2D eigenvalue weighted by atomic mass is 32.2. The fourth-order valence-electron chi connectivity index (χ4n) is 2.63. The smallest absolute Gasteiger partial charge is 0.197 e. The Morgan fingerprint density at radius 3 is 2.57 bits per heavy atom. The average Bonchev–Trinajstić information content (AvgIpc) is 2.48. The van der Waals surface area contributed by atoms with Gasteiger partial charge in [-0.1, -0.05) is 12.1 Å². The van der Waals surface area contributed by atoms with Crippen molar-refractivity contribution in [3.8, 4) is 0 Å². The van der Waals surface area contributed by atoms with Gasteiger partial charge in [-0.25, -0.2) is 0 Å². The van der Waals surface area contributed by atoms with E-state index >= 15 is 0 Å². The van der Waals surface area contributed by atoms with E-state index in [9.17, 15) is 13.6 Å². The molecule has 0 aliphatic rings. The van der Waals surface area contributed by atoms with Crippen LogP contribution in [0.5, 0.6) is 0 Å². The first-order valence-corrected chi connectivity index (χ1v) is 7.60. The molecule has 0 aliphatic carbocycles. The summed E-state index contributed by atoms with van der Waals surface area (Å²) in [6, 6.07) is 12.4. The van der Waals surface area contributed by atoms with Crippen molar-refractivity contribution in [2.45, 2.75) is 13.5 Å². The second-order valence-electron chi connectivity index (χ2n) is 4.66. The number of aryl methyl sites for hydroxylation is 1. The van der Waals surface area contributed by atoms with E-state index in [1.54, 1.807) is 24.3 Å². The maximum absolute atomic E-state index is 12.6. The van der Waals surface area contributed by atoms with E-state index in [2.05, 4.69) is 4.72 Å². The first kappa shape index (κ1) is 13.8. The topological polar surface area (TPSA) is 74.2 Å². The third-order valence-corrected chi connectivity index (χ3v) is 3.89. The molecule has 0 fully saturated rings. The summed E-state index contributed by atoms with van der Waals surface area (Å²) in [5.74, 6) is 0.